The molecule has 1 aliphatic rings. The summed E-state index contributed by atoms with van der Waals surface area (Å²) in [5, 5.41) is 58.1. The summed E-state index contributed by atoms with van der Waals surface area (Å²) in [6.07, 6.45) is 0. The van der Waals surface area contributed by atoms with Crippen molar-refractivity contribution in [1.82, 2.24) is 0 Å². The fourth-order valence-corrected chi connectivity index (χ4v) is 3.16. The minimum Gasteiger partial charge on any atom is -0.422 e. The van der Waals surface area contributed by atoms with E-state index in [-0.39, 0.29) is 0 Å². The van der Waals surface area contributed by atoms with Crippen molar-refractivity contribution < 1.29 is 77.9 Å². The van der Waals surface area contributed by atoms with Gasteiger partial charge in [0.1, 0.15) is 6.61 Å². The van der Waals surface area contributed by atoms with Gasteiger partial charge in [-0.2, -0.15) is 0 Å². The van der Waals surface area contributed by atoms with E-state index in [1.54, 1.807) is 0 Å². The molecule has 1 rings (SSSR count). The smallest absolute Gasteiger partial charge is 0.407 e. The topological polar surface area (TPSA) is 242 Å². The van der Waals surface area contributed by atoms with Gasteiger partial charge in [-0.15, -0.1) is 0 Å². The minimum absolute atomic E-state index is 1.10. The van der Waals surface area contributed by atoms with Gasteiger partial charge in [0.05, 0.1) is 29.6 Å². The van der Waals surface area contributed by atoms with E-state index in [1.165, 1.54) is 69.2 Å². The summed E-state index contributed by atoms with van der Waals surface area (Å²) in [6.45, 7) is 10.6. The normalized spacial score (nSPS) is 31.3. The van der Waals surface area contributed by atoms with Gasteiger partial charge in [0.15, 0.2) is 0 Å². The van der Waals surface area contributed by atoms with Crippen LogP contribution in [0.15, 0.2) is 0 Å². The third kappa shape index (κ3) is 6.38. The van der Waals surface area contributed by atoms with E-state index in [1.807, 2.05) is 0 Å². The quantitative estimate of drug-likeness (QED) is 0.112. The van der Waals surface area contributed by atoms with Gasteiger partial charge in [-0.3, -0.25) is 28.7 Å². The van der Waals surface area contributed by atoms with Crippen LogP contribution in [0.3, 0.4) is 0 Å². The van der Waals surface area contributed by atoms with Crippen molar-refractivity contribution in [3.8, 4) is 0 Å². The molecule has 0 saturated carbocycles. The number of ether oxygens (including phenoxy) is 6. The zero-order chi connectivity index (χ0) is 33.2. The molecular formula is C26H42O16. The lowest BCUT2D eigenvalue weighted by Gasteiger charge is -2.60. The number of carbonyl (C=O) groups excluding carboxylic acids is 5. The van der Waals surface area contributed by atoms with Gasteiger partial charge in [0, 0.05) is 0 Å². The molecule has 5 N–H and O–H groups in total. The number of aliphatic hydroxyl groups is 5. The summed E-state index contributed by atoms with van der Waals surface area (Å²) in [4.78, 5) is 64.1. The summed E-state index contributed by atoms with van der Waals surface area (Å²) in [7, 11) is 0. The van der Waals surface area contributed by atoms with E-state index in [4.69, 9.17) is 28.4 Å². The number of hydrogen-bond acceptors (Lipinski definition) is 16. The molecule has 1 saturated heterocycles. The Morgan fingerprint density at radius 3 is 1.12 bits per heavy atom. The van der Waals surface area contributed by atoms with Gasteiger partial charge in [-0.25, -0.2) is 0 Å². The Morgan fingerprint density at radius 1 is 0.500 bits per heavy atom. The molecule has 1 unspecified atom stereocenters. The second kappa shape index (κ2) is 12.8. The van der Waals surface area contributed by atoms with Crippen LogP contribution in [-0.2, 0) is 52.4 Å². The van der Waals surface area contributed by atoms with Crippen molar-refractivity contribution in [3.63, 3.8) is 0 Å². The highest BCUT2D eigenvalue weighted by atomic mass is 17.0. The van der Waals surface area contributed by atoms with E-state index in [0.717, 1.165) is 0 Å². The molecule has 242 valence electrons. The number of carbonyl (C=O) groups is 5. The lowest BCUT2D eigenvalue weighted by atomic mass is 9.83. The lowest BCUT2D eigenvalue weighted by Crippen LogP contribution is -2.91. The van der Waals surface area contributed by atoms with Gasteiger partial charge < -0.3 is 49.2 Å². The lowest BCUT2D eigenvalue weighted by molar-refractivity contribution is -0.632. The zero-order valence-corrected chi connectivity index (χ0v) is 25.3. The average Bonchev–Trinajstić information content (AvgIpc) is 2.86. The van der Waals surface area contributed by atoms with Crippen LogP contribution in [0, 0.1) is 29.6 Å². The summed E-state index contributed by atoms with van der Waals surface area (Å²) in [6, 6.07) is 0. The predicted molar refractivity (Wildman–Crippen MR) is 135 cm³/mol. The standard InChI is InChI=1S/C26H42O16/c1-12(2)17(28)37-22(11-27)23(33,38-18(29)13(3)4)24(34,39-19(30)14(5)6)25(35,40-20(31)15(7)8)26(36,42-22)41-21(32)16(9)10/h12-16,27,33-36H,11H2,1-10H3/t22-,23-,24+,25-,26?/m1/s1. The van der Waals surface area contributed by atoms with Crippen molar-refractivity contribution in [2.75, 3.05) is 6.61 Å². The number of rotatable bonds is 11. The Labute approximate surface area is 242 Å². The number of aliphatic hydroxyl groups excluding tert-OH is 1. The molecular weight excluding hydrogens is 568 g/mol. The summed E-state index contributed by atoms with van der Waals surface area (Å²) < 4.78 is 30.1. The first-order valence-electron chi connectivity index (χ1n) is 13.3. The molecule has 0 amide bonds. The predicted octanol–water partition coefficient (Wildman–Crippen LogP) is -0.587. The second-order valence-electron chi connectivity index (χ2n) is 11.4. The first kappa shape index (κ1) is 37.1. The van der Waals surface area contributed by atoms with Crippen LogP contribution >= 0.6 is 0 Å². The fraction of sp³-hybridized carbons (Fsp3) is 0.808. The van der Waals surface area contributed by atoms with E-state index < -0.39 is 95.2 Å². The molecule has 1 heterocycles. The Morgan fingerprint density at radius 2 is 0.786 bits per heavy atom. The average molecular weight is 611 g/mol. The molecule has 0 aliphatic carbocycles. The Kier molecular flexibility index (Phi) is 11.3. The summed E-state index contributed by atoms with van der Waals surface area (Å²) >= 11 is 0. The molecule has 0 bridgehead atoms. The maximum atomic E-state index is 12.9. The summed E-state index contributed by atoms with van der Waals surface area (Å²) in [5.41, 5.74) is 0. The Balaban J connectivity index is 4.44. The summed E-state index contributed by atoms with van der Waals surface area (Å²) in [5.74, 6) is -34.1. The second-order valence-corrected chi connectivity index (χ2v) is 11.4. The molecule has 1 aliphatic heterocycles. The van der Waals surface area contributed by atoms with Crippen LogP contribution in [0.5, 0.6) is 0 Å². The minimum atomic E-state index is -4.47. The SMILES string of the molecule is CC(C)C(=O)OC1(O)O[C@@](CO)(OC(=O)C(C)C)[C@@](O)(OC(=O)C(C)C)[C@](O)(OC(=O)C(C)C)[C@@]1(O)OC(=O)C(C)C. The third-order valence-corrected chi connectivity index (χ3v) is 5.98. The molecule has 0 aromatic rings. The van der Waals surface area contributed by atoms with Crippen LogP contribution in [0.4, 0.5) is 0 Å². The zero-order valence-electron chi connectivity index (χ0n) is 25.3. The van der Waals surface area contributed by atoms with Gasteiger partial charge in [0.2, 0.25) is 0 Å². The van der Waals surface area contributed by atoms with Crippen LogP contribution in [-0.4, -0.2) is 91.1 Å². The Hall–Kier alpha value is -2.89. The highest BCUT2D eigenvalue weighted by molar-refractivity contribution is 5.76. The van der Waals surface area contributed by atoms with Gasteiger partial charge in [-0.05, 0) is 0 Å². The molecule has 5 atom stereocenters. The molecule has 16 heteroatoms. The Bertz CT molecular complexity index is 1050. The molecule has 1 fully saturated rings. The first-order chi connectivity index (χ1) is 18.9. The molecule has 42 heavy (non-hydrogen) atoms. The van der Waals surface area contributed by atoms with Gasteiger partial charge >= 0.3 is 59.0 Å². The fourth-order valence-electron chi connectivity index (χ4n) is 3.16. The van der Waals surface area contributed by atoms with Gasteiger partial charge in [0.25, 0.3) is 0 Å². The van der Waals surface area contributed by atoms with E-state index >= 15 is 0 Å². The third-order valence-electron chi connectivity index (χ3n) is 5.98. The molecule has 16 nitrogen and oxygen atoms in total. The van der Waals surface area contributed by atoms with Crippen molar-refractivity contribution in [2.24, 2.45) is 29.6 Å². The van der Waals surface area contributed by atoms with Crippen molar-refractivity contribution in [3.05, 3.63) is 0 Å². The first-order valence-corrected chi connectivity index (χ1v) is 13.3. The van der Waals surface area contributed by atoms with Crippen molar-refractivity contribution >= 4 is 29.8 Å². The molecule has 0 radical (unpaired) electrons. The van der Waals surface area contributed by atoms with Crippen molar-refractivity contribution in [1.29, 1.82) is 0 Å². The molecule has 0 aromatic carbocycles. The van der Waals surface area contributed by atoms with E-state index in [0.29, 0.717) is 0 Å². The largest absolute Gasteiger partial charge is 0.422 e. The van der Waals surface area contributed by atoms with Crippen LogP contribution in [0.1, 0.15) is 69.2 Å². The van der Waals surface area contributed by atoms with Crippen LogP contribution in [0.25, 0.3) is 0 Å². The van der Waals surface area contributed by atoms with Gasteiger partial charge in [-0.1, -0.05) is 69.2 Å². The highest BCUT2D eigenvalue weighted by Crippen LogP contribution is 2.56. The maximum Gasteiger partial charge on any atom is 0.407 e. The van der Waals surface area contributed by atoms with E-state index in [9.17, 15) is 49.5 Å². The number of esters is 5. The van der Waals surface area contributed by atoms with E-state index in [2.05, 4.69) is 0 Å². The molecule has 0 aromatic heterocycles. The maximum absolute atomic E-state index is 12.9. The van der Waals surface area contributed by atoms with Crippen LogP contribution < -0.4 is 0 Å². The van der Waals surface area contributed by atoms with Crippen molar-refractivity contribution in [2.45, 2.75) is 98.4 Å². The molecule has 0 spiro atoms. The van der Waals surface area contributed by atoms with Crippen LogP contribution in [0.2, 0.25) is 0 Å². The monoisotopic (exact) mass is 610 g/mol. The highest BCUT2D eigenvalue weighted by Gasteiger charge is 2.93. The number of hydrogen-bond donors (Lipinski definition) is 5.